The van der Waals surface area contributed by atoms with Crippen molar-refractivity contribution in [2.75, 3.05) is 19.7 Å². The van der Waals surface area contributed by atoms with Crippen molar-refractivity contribution in [2.24, 2.45) is 5.92 Å². The molecule has 1 saturated heterocycles. The number of aliphatic hydroxyl groups excluding tert-OH is 1. The van der Waals surface area contributed by atoms with E-state index in [-0.39, 0.29) is 6.61 Å². The fourth-order valence-electron chi connectivity index (χ4n) is 3.83. The molecule has 1 aromatic heterocycles. The van der Waals surface area contributed by atoms with E-state index in [0.717, 1.165) is 43.7 Å². The summed E-state index contributed by atoms with van der Waals surface area (Å²) in [5.41, 5.74) is 5.92. The Hall–Kier alpha value is -2.43. The second kappa shape index (κ2) is 7.85. The van der Waals surface area contributed by atoms with Crippen molar-refractivity contribution in [2.45, 2.75) is 19.4 Å². The van der Waals surface area contributed by atoms with Gasteiger partial charge in [0.2, 0.25) is 0 Å². The van der Waals surface area contributed by atoms with Gasteiger partial charge in [-0.05, 0) is 42.0 Å². The molecule has 26 heavy (non-hydrogen) atoms. The van der Waals surface area contributed by atoms with Gasteiger partial charge in [0, 0.05) is 25.3 Å². The second-order valence-electron chi connectivity index (χ2n) is 7.14. The highest BCUT2D eigenvalue weighted by Gasteiger charge is 2.20. The molecule has 2 aromatic carbocycles. The minimum absolute atomic E-state index is 0.287. The molecule has 1 aliphatic rings. The van der Waals surface area contributed by atoms with Gasteiger partial charge < -0.3 is 5.11 Å². The van der Waals surface area contributed by atoms with Crippen LogP contribution in [-0.4, -0.2) is 39.9 Å². The fraction of sp³-hybridized carbons (Fsp3) is 0.318. The third kappa shape index (κ3) is 3.71. The van der Waals surface area contributed by atoms with Crippen LogP contribution in [0.25, 0.3) is 22.4 Å². The minimum atomic E-state index is 0.287. The summed E-state index contributed by atoms with van der Waals surface area (Å²) in [4.78, 5) is 2.43. The van der Waals surface area contributed by atoms with Crippen LogP contribution in [0.4, 0.5) is 0 Å². The maximum absolute atomic E-state index is 9.44. The summed E-state index contributed by atoms with van der Waals surface area (Å²) in [5, 5.41) is 16.9. The van der Waals surface area contributed by atoms with E-state index in [9.17, 15) is 5.11 Å². The predicted molar refractivity (Wildman–Crippen MR) is 105 cm³/mol. The molecule has 2 heterocycles. The number of benzene rings is 2. The number of aliphatic hydroxyl groups is 1. The Kier molecular flexibility index (Phi) is 5.14. The number of aromatic nitrogens is 2. The van der Waals surface area contributed by atoms with Crippen LogP contribution >= 0.6 is 0 Å². The van der Waals surface area contributed by atoms with Gasteiger partial charge in [-0.25, -0.2) is 0 Å². The molecule has 0 aliphatic carbocycles. The van der Waals surface area contributed by atoms with Gasteiger partial charge >= 0.3 is 0 Å². The Bertz CT molecular complexity index is 826. The first-order valence-electron chi connectivity index (χ1n) is 9.35. The zero-order chi connectivity index (χ0) is 17.8. The van der Waals surface area contributed by atoms with E-state index in [1.54, 1.807) is 0 Å². The van der Waals surface area contributed by atoms with Crippen molar-refractivity contribution >= 4 is 0 Å². The Morgan fingerprint density at radius 1 is 1.00 bits per heavy atom. The van der Waals surface area contributed by atoms with E-state index in [4.69, 9.17) is 0 Å². The average molecular weight is 347 g/mol. The van der Waals surface area contributed by atoms with Crippen molar-refractivity contribution in [1.82, 2.24) is 15.1 Å². The summed E-state index contributed by atoms with van der Waals surface area (Å²) in [6.07, 6.45) is 4.22. The predicted octanol–water partition coefficient (Wildman–Crippen LogP) is 3.95. The number of nitrogens with zero attached hydrogens (tertiary/aromatic N) is 2. The molecule has 2 N–H and O–H groups in total. The van der Waals surface area contributed by atoms with E-state index >= 15 is 0 Å². The summed E-state index contributed by atoms with van der Waals surface area (Å²) in [7, 11) is 0. The van der Waals surface area contributed by atoms with Gasteiger partial charge in [0.25, 0.3) is 0 Å². The topological polar surface area (TPSA) is 52.1 Å². The molecule has 1 atom stereocenters. The van der Waals surface area contributed by atoms with Crippen LogP contribution in [0.5, 0.6) is 0 Å². The number of aromatic amines is 1. The van der Waals surface area contributed by atoms with Gasteiger partial charge in [-0.15, -0.1) is 0 Å². The normalized spacial score (nSPS) is 18.1. The number of H-pyrrole nitrogens is 1. The highest BCUT2D eigenvalue weighted by Crippen LogP contribution is 2.27. The Morgan fingerprint density at radius 2 is 1.73 bits per heavy atom. The van der Waals surface area contributed by atoms with E-state index < -0.39 is 0 Å². The number of rotatable bonds is 5. The smallest absolute Gasteiger partial charge is 0.0695 e. The fourth-order valence-corrected chi connectivity index (χ4v) is 3.83. The molecule has 4 heteroatoms. The first-order chi connectivity index (χ1) is 12.8. The van der Waals surface area contributed by atoms with Gasteiger partial charge in [0.1, 0.15) is 0 Å². The third-order valence-electron chi connectivity index (χ3n) is 5.25. The number of hydrogen-bond acceptors (Lipinski definition) is 3. The number of likely N-dealkylation sites (tertiary alicyclic amines) is 1. The lowest BCUT2D eigenvalue weighted by Gasteiger charge is -2.31. The zero-order valence-corrected chi connectivity index (χ0v) is 14.9. The standard InChI is InChI=1S/C22H25N3O/c26-16-17-5-4-12-25(14-17)15-21-13-23-24-22(21)20-10-8-19(9-11-20)18-6-2-1-3-7-18/h1-3,6-11,13,17,26H,4-5,12,14-16H2,(H,23,24)/t17-/m1/s1. The van der Waals surface area contributed by atoms with Crippen LogP contribution in [0.15, 0.2) is 60.8 Å². The lowest BCUT2D eigenvalue weighted by molar-refractivity contribution is 0.116. The molecule has 0 unspecified atom stereocenters. The molecule has 1 aliphatic heterocycles. The maximum atomic E-state index is 9.44. The second-order valence-corrected chi connectivity index (χ2v) is 7.14. The van der Waals surface area contributed by atoms with E-state index in [1.807, 2.05) is 12.3 Å². The van der Waals surface area contributed by atoms with Crippen LogP contribution in [-0.2, 0) is 6.54 Å². The molecular formula is C22H25N3O. The summed E-state index contributed by atoms with van der Waals surface area (Å²) in [5.74, 6) is 0.407. The van der Waals surface area contributed by atoms with Crippen molar-refractivity contribution in [3.8, 4) is 22.4 Å². The van der Waals surface area contributed by atoms with Crippen LogP contribution in [0.2, 0.25) is 0 Å². The van der Waals surface area contributed by atoms with Gasteiger partial charge in [-0.2, -0.15) is 5.10 Å². The Balaban J connectivity index is 1.51. The molecule has 3 aromatic rings. The molecule has 0 saturated carbocycles. The summed E-state index contributed by atoms with van der Waals surface area (Å²) in [6.45, 7) is 3.22. The van der Waals surface area contributed by atoms with E-state index in [0.29, 0.717) is 5.92 Å². The van der Waals surface area contributed by atoms with Crippen LogP contribution in [0.1, 0.15) is 18.4 Å². The molecule has 4 rings (SSSR count). The Labute approximate surface area is 154 Å². The molecular weight excluding hydrogens is 322 g/mol. The Morgan fingerprint density at radius 3 is 2.50 bits per heavy atom. The highest BCUT2D eigenvalue weighted by atomic mass is 16.3. The quantitative estimate of drug-likeness (QED) is 0.735. The molecule has 4 nitrogen and oxygen atoms in total. The van der Waals surface area contributed by atoms with Crippen molar-refractivity contribution in [1.29, 1.82) is 0 Å². The van der Waals surface area contributed by atoms with Crippen molar-refractivity contribution in [3.63, 3.8) is 0 Å². The van der Waals surface area contributed by atoms with Crippen molar-refractivity contribution < 1.29 is 5.11 Å². The summed E-state index contributed by atoms with van der Waals surface area (Å²) < 4.78 is 0. The largest absolute Gasteiger partial charge is 0.396 e. The van der Waals surface area contributed by atoms with Crippen LogP contribution in [0, 0.1) is 5.92 Å². The SMILES string of the molecule is OC[C@@H]1CCCN(Cc2cn[nH]c2-c2ccc(-c3ccccc3)cc2)C1. The summed E-state index contributed by atoms with van der Waals surface area (Å²) >= 11 is 0. The van der Waals surface area contributed by atoms with Crippen LogP contribution in [0.3, 0.4) is 0 Å². The molecule has 0 bridgehead atoms. The minimum Gasteiger partial charge on any atom is -0.396 e. The first kappa shape index (κ1) is 17.0. The number of piperidine rings is 1. The van der Waals surface area contributed by atoms with Gasteiger partial charge in [-0.1, -0.05) is 54.6 Å². The lowest BCUT2D eigenvalue weighted by Crippen LogP contribution is -2.36. The average Bonchev–Trinajstić information content (AvgIpc) is 3.17. The van der Waals surface area contributed by atoms with Crippen molar-refractivity contribution in [3.05, 3.63) is 66.4 Å². The maximum Gasteiger partial charge on any atom is 0.0695 e. The van der Waals surface area contributed by atoms with E-state index in [2.05, 4.69) is 63.6 Å². The number of nitrogens with one attached hydrogen (secondary N) is 1. The van der Waals surface area contributed by atoms with Gasteiger partial charge in [0.05, 0.1) is 11.9 Å². The lowest BCUT2D eigenvalue weighted by atomic mass is 9.98. The molecule has 0 spiro atoms. The van der Waals surface area contributed by atoms with Gasteiger partial charge in [-0.3, -0.25) is 10.00 Å². The zero-order valence-electron chi connectivity index (χ0n) is 14.9. The van der Waals surface area contributed by atoms with E-state index in [1.165, 1.54) is 16.7 Å². The monoisotopic (exact) mass is 347 g/mol. The molecule has 0 amide bonds. The van der Waals surface area contributed by atoms with Crippen LogP contribution < -0.4 is 0 Å². The highest BCUT2D eigenvalue weighted by molar-refractivity contribution is 5.69. The summed E-state index contributed by atoms with van der Waals surface area (Å²) in [6, 6.07) is 19.1. The third-order valence-corrected chi connectivity index (χ3v) is 5.25. The molecule has 0 radical (unpaired) electrons. The van der Waals surface area contributed by atoms with Gasteiger partial charge in [0.15, 0.2) is 0 Å². The molecule has 134 valence electrons. The molecule has 1 fully saturated rings. The first-order valence-corrected chi connectivity index (χ1v) is 9.35. The number of hydrogen-bond donors (Lipinski definition) is 2.